The van der Waals surface area contributed by atoms with E-state index in [2.05, 4.69) is 25.9 Å². The summed E-state index contributed by atoms with van der Waals surface area (Å²) < 4.78 is 1.38. The number of nitrogens with one attached hydrogen (secondary N) is 1. The molecular formula is C12H10N6OS. The maximum Gasteiger partial charge on any atom is 0.221 e. The van der Waals surface area contributed by atoms with Crippen molar-refractivity contribution in [3.05, 3.63) is 36.4 Å². The fourth-order valence-corrected chi connectivity index (χ4v) is 2.39. The first kappa shape index (κ1) is 12.5. The van der Waals surface area contributed by atoms with E-state index in [1.54, 1.807) is 6.07 Å². The highest BCUT2D eigenvalue weighted by Crippen LogP contribution is 2.26. The highest BCUT2D eigenvalue weighted by atomic mass is 32.2. The number of tetrazole rings is 1. The Morgan fingerprint density at radius 2 is 2.00 bits per heavy atom. The smallest absolute Gasteiger partial charge is 0.221 e. The van der Waals surface area contributed by atoms with Gasteiger partial charge in [-0.15, -0.1) is 14.8 Å². The zero-order valence-electron chi connectivity index (χ0n) is 10.5. The van der Waals surface area contributed by atoms with Crippen molar-refractivity contribution in [1.82, 2.24) is 25.3 Å². The average molecular weight is 286 g/mol. The lowest BCUT2D eigenvalue weighted by Gasteiger charge is -2.04. The van der Waals surface area contributed by atoms with Crippen molar-refractivity contribution < 1.29 is 4.79 Å². The lowest BCUT2D eigenvalue weighted by atomic mass is 10.3. The number of rotatable bonds is 3. The number of nitrogens with zero attached hydrogens (tertiary/aromatic N) is 5. The average Bonchev–Trinajstić information content (AvgIpc) is 2.88. The van der Waals surface area contributed by atoms with Gasteiger partial charge in [-0.25, -0.2) is 0 Å². The summed E-state index contributed by atoms with van der Waals surface area (Å²) in [5.41, 5.74) is 1.38. The Balaban J connectivity index is 1.78. The fourth-order valence-electron chi connectivity index (χ4n) is 1.62. The Morgan fingerprint density at radius 1 is 1.20 bits per heavy atom. The first-order valence-corrected chi connectivity index (χ1v) is 6.63. The van der Waals surface area contributed by atoms with Crippen LogP contribution in [-0.4, -0.2) is 31.2 Å². The van der Waals surface area contributed by atoms with E-state index in [0.29, 0.717) is 5.65 Å². The fraction of sp³-hybridized carbons (Fsp3) is 0.0833. The lowest BCUT2D eigenvalue weighted by Crippen LogP contribution is -2.05. The van der Waals surface area contributed by atoms with Crippen LogP contribution >= 0.6 is 11.8 Å². The standard InChI is InChI=1S/C12H10N6OS/c1-8(19)13-9-2-4-10(5-3-9)20-12-7-6-11-14-16-17-18(11)15-12/h2-7H,1H3,(H,13,19). The largest absolute Gasteiger partial charge is 0.326 e. The minimum Gasteiger partial charge on any atom is -0.326 e. The van der Waals surface area contributed by atoms with Crippen molar-refractivity contribution in [1.29, 1.82) is 0 Å². The molecule has 20 heavy (non-hydrogen) atoms. The Hall–Kier alpha value is -2.48. The molecule has 0 aliphatic carbocycles. The topological polar surface area (TPSA) is 85.1 Å². The molecule has 0 aliphatic heterocycles. The van der Waals surface area contributed by atoms with Crippen LogP contribution in [0.15, 0.2) is 46.3 Å². The number of carbonyl (C=O) groups excluding carboxylic acids is 1. The Bertz CT molecular complexity index is 754. The second-order valence-corrected chi connectivity index (χ2v) is 5.10. The van der Waals surface area contributed by atoms with Gasteiger partial charge in [-0.2, -0.15) is 0 Å². The minimum atomic E-state index is -0.0868. The molecule has 0 aliphatic rings. The quantitative estimate of drug-likeness (QED) is 0.787. The second kappa shape index (κ2) is 5.25. The zero-order chi connectivity index (χ0) is 13.9. The van der Waals surface area contributed by atoms with Crippen LogP contribution in [0.4, 0.5) is 5.69 Å². The molecule has 2 heterocycles. The number of fused-ring (bicyclic) bond motifs is 1. The number of hydrogen-bond donors (Lipinski definition) is 1. The molecule has 3 aromatic rings. The van der Waals surface area contributed by atoms with Gasteiger partial charge in [0.25, 0.3) is 0 Å². The highest BCUT2D eigenvalue weighted by molar-refractivity contribution is 7.99. The number of benzene rings is 1. The van der Waals surface area contributed by atoms with Gasteiger partial charge in [-0.3, -0.25) is 4.79 Å². The van der Waals surface area contributed by atoms with Gasteiger partial charge in [-0.1, -0.05) is 11.8 Å². The van der Waals surface area contributed by atoms with Crippen LogP contribution in [-0.2, 0) is 4.79 Å². The summed E-state index contributed by atoms with van der Waals surface area (Å²) in [6.07, 6.45) is 0. The van der Waals surface area contributed by atoms with Crippen molar-refractivity contribution in [2.75, 3.05) is 5.32 Å². The molecule has 0 spiro atoms. The van der Waals surface area contributed by atoms with Crippen LogP contribution < -0.4 is 5.32 Å². The molecule has 0 radical (unpaired) electrons. The van der Waals surface area contributed by atoms with Crippen LogP contribution in [0.5, 0.6) is 0 Å². The van der Waals surface area contributed by atoms with Gasteiger partial charge in [0.2, 0.25) is 5.91 Å². The third-order valence-corrected chi connectivity index (χ3v) is 3.38. The number of carbonyl (C=O) groups is 1. The predicted octanol–water partition coefficient (Wildman–Crippen LogP) is 1.63. The van der Waals surface area contributed by atoms with Crippen molar-refractivity contribution in [2.45, 2.75) is 16.8 Å². The van der Waals surface area contributed by atoms with E-state index in [9.17, 15) is 4.79 Å². The van der Waals surface area contributed by atoms with E-state index in [-0.39, 0.29) is 5.91 Å². The highest BCUT2D eigenvalue weighted by Gasteiger charge is 2.03. The first-order chi connectivity index (χ1) is 9.70. The Kier molecular flexibility index (Phi) is 3.30. The SMILES string of the molecule is CC(=O)Nc1ccc(Sc2ccc3nnnn3n2)cc1. The maximum atomic E-state index is 10.9. The van der Waals surface area contributed by atoms with Crippen molar-refractivity contribution >= 4 is 29.0 Å². The number of hydrogen-bond acceptors (Lipinski definition) is 6. The molecule has 8 heteroatoms. The number of aromatic nitrogens is 5. The normalized spacial score (nSPS) is 10.7. The molecule has 0 atom stereocenters. The van der Waals surface area contributed by atoms with Gasteiger partial charge in [0.1, 0.15) is 5.03 Å². The van der Waals surface area contributed by atoms with E-state index in [4.69, 9.17) is 0 Å². The predicted molar refractivity (Wildman–Crippen MR) is 73.4 cm³/mol. The molecule has 1 amide bonds. The van der Waals surface area contributed by atoms with Gasteiger partial charge >= 0.3 is 0 Å². The van der Waals surface area contributed by atoms with Crippen LogP contribution in [0.25, 0.3) is 5.65 Å². The molecule has 0 saturated heterocycles. The number of amides is 1. The zero-order valence-corrected chi connectivity index (χ0v) is 11.3. The van der Waals surface area contributed by atoms with E-state index in [1.165, 1.54) is 23.3 Å². The summed E-state index contributed by atoms with van der Waals surface area (Å²) in [6, 6.07) is 11.2. The minimum absolute atomic E-state index is 0.0868. The summed E-state index contributed by atoms with van der Waals surface area (Å²) >= 11 is 1.49. The van der Waals surface area contributed by atoms with Crippen molar-refractivity contribution in [3.8, 4) is 0 Å². The van der Waals surface area contributed by atoms with E-state index >= 15 is 0 Å². The lowest BCUT2D eigenvalue weighted by molar-refractivity contribution is -0.114. The van der Waals surface area contributed by atoms with Gasteiger partial charge in [0.05, 0.1) is 0 Å². The van der Waals surface area contributed by atoms with E-state index in [1.807, 2.05) is 30.3 Å². The van der Waals surface area contributed by atoms with Crippen molar-refractivity contribution in [3.63, 3.8) is 0 Å². The molecule has 0 saturated carbocycles. The molecule has 7 nitrogen and oxygen atoms in total. The monoisotopic (exact) mass is 286 g/mol. The van der Waals surface area contributed by atoms with Crippen LogP contribution in [0.3, 0.4) is 0 Å². The summed E-state index contributed by atoms with van der Waals surface area (Å²) in [4.78, 5) is 12.0. The number of anilines is 1. The first-order valence-electron chi connectivity index (χ1n) is 5.82. The summed E-state index contributed by atoms with van der Waals surface area (Å²) in [6.45, 7) is 1.48. The summed E-state index contributed by atoms with van der Waals surface area (Å²) in [7, 11) is 0. The third kappa shape index (κ3) is 2.75. The summed E-state index contributed by atoms with van der Waals surface area (Å²) in [5.74, 6) is -0.0868. The maximum absolute atomic E-state index is 10.9. The molecule has 0 bridgehead atoms. The van der Waals surface area contributed by atoms with Gasteiger partial charge in [0, 0.05) is 17.5 Å². The molecule has 2 aromatic heterocycles. The Labute approximate surface area is 118 Å². The Morgan fingerprint density at radius 3 is 2.75 bits per heavy atom. The summed E-state index contributed by atoms with van der Waals surface area (Å²) in [5, 5.41) is 18.9. The van der Waals surface area contributed by atoms with Crippen LogP contribution in [0, 0.1) is 0 Å². The molecule has 3 rings (SSSR count). The van der Waals surface area contributed by atoms with E-state index < -0.39 is 0 Å². The molecule has 1 N–H and O–H groups in total. The molecular weight excluding hydrogens is 276 g/mol. The van der Waals surface area contributed by atoms with Crippen molar-refractivity contribution in [2.24, 2.45) is 0 Å². The molecule has 0 fully saturated rings. The molecule has 100 valence electrons. The molecule has 0 unspecified atom stereocenters. The van der Waals surface area contributed by atoms with Gasteiger partial charge in [-0.05, 0) is 46.8 Å². The third-order valence-electron chi connectivity index (χ3n) is 2.44. The van der Waals surface area contributed by atoms with Gasteiger partial charge < -0.3 is 5.32 Å². The van der Waals surface area contributed by atoms with E-state index in [0.717, 1.165) is 15.6 Å². The van der Waals surface area contributed by atoms with Crippen LogP contribution in [0.2, 0.25) is 0 Å². The molecule has 1 aromatic carbocycles. The second-order valence-electron chi connectivity index (χ2n) is 4.01. The van der Waals surface area contributed by atoms with Gasteiger partial charge in [0.15, 0.2) is 5.65 Å². The van der Waals surface area contributed by atoms with Crippen LogP contribution in [0.1, 0.15) is 6.92 Å².